The van der Waals surface area contributed by atoms with Gasteiger partial charge in [-0.05, 0) is 21.1 Å². The second-order valence-corrected chi connectivity index (χ2v) is 6.50. The first-order valence-electron chi connectivity index (χ1n) is 4.29. The lowest BCUT2D eigenvalue weighted by molar-refractivity contribution is 0.00456. The Morgan fingerprint density at radius 3 is 2.08 bits per heavy atom. The van der Waals surface area contributed by atoms with Crippen molar-refractivity contribution < 1.29 is 8.42 Å². The summed E-state index contributed by atoms with van der Waals surface area (Å²) in [6.45, 7) is 1.68. The quantitative estimate of drug-likeness (QED) is 0.611. The van der Waals surface area contributed by atoms with E-state index in [4.69, 9.17) is 0 Å². The molecule has 0 unspecified atom stereocenters. The number of likely N-dealkylation sites (tertiary alicyclic amines) is 1. The standard InChI is InChI=1S/C8H18N2O2S/c1-9(2)8(5-10(3)6-8)7-13(4,11)12/h5-7H2,1-4H3. The van der Waals surface area contributed by atoms with Crippen LogP contribution < -0.4 is 0 Å². The minimum atomic E-state index is -2.88. The number of hydrogen-bond donors (Lipinski definition) is 0. The van der Waals surface area contributed by atoms with Crippen LogP contribution in [-0.2, 0) is 9.84 Å². The Hall–Kier alpha value is -0.130. The lowest BCUT2D eigenvalue weighted by Crippen LogP contribution is -2.70. The molecule has 0 atom stereocenters. The summed E-state index contributed by atoms with van der Waals surface area (Å²) in [7, 11) is 3.01. The fourth-order valence-corrected chi connectivity index (χ4v) is 3.37. The molecule has 0 aliphatic carbocycles. The van der Waals surface area contributed by atoms with Crippen LogP contribution in [0.15, 0.2) is 0 Å². The number of likely N-dealkylation sites (N-methyl/N-ethyl adjacent to an activating group) is 2. The maximum atomic E-state index is 11.2. The van der Waals surface area contributed by atoms with Gasteiger partial charge in [0.1, 0.15) is 9.84 Å². The van der Waals surface area contributed by atoms with Crippen LogP contribution >= 0.6 is 0 Å². The van der Waals surface area contributed by atoms with E-state index in [1.165, 1.54) is 6.26 Å². The maximum absolute atomic E-state index is 11.2. The molecule has 1 fully saturated rings. The predicted octanol–water partition coefficient (Wildman–Crippen LogP) is -0.723. The monoisotopic (exact) mass is 206 g/mol. The molecule has 0 saturated carbocycles. The SMILES string of the molecule is CN1CC(CS(C)(=O)=O)(N(C)C)C1. The third-order valence-electron chi connectivity index (χ3n) is 2.61. The Kier molecular flexibility index (Phi) is 2.71. The molecule has 1 aliphatic rings. The van der Waals surface area contributed by atoms with Crippen molar-refractivity contribution in [1.29, 1.82) is 0 Å². The van der Waals surface area contributed by atoms with Crippen molar-refractivity contribution in [2.45, 2.75) is 5.54 Å². The summed E-state index contributed by atoms with van der Waals surface area (Å²) in [5.41, 5.74) is -0.150. The van der Waals surface area contributed by atoms with Gasteiger partial charge < -0.3 is 9.80 Å². The second kappa shape index (κ2) is 3.22. The molecule has 0 bridgehead atoms. The number of hydrogen-bond acceptors (Lipinski definition) is 4. The van der Waals surface area contributed by atoms with Crippen molar-refractivity contribution >= 4 is 9.84 Å². The second-order valence-electron chi connectivity index (χ2n) is 4.36. The number of sulfone groups is 1. The minimum absolute atomic E-state index is 0.150. The molecular formula is C8H18N2O2S. The van der Waals surface area contributed by atoms with Gasteiger partial charge in [0.15, 0.2) is 0 Å². The van der Waals surface area contributed by atoms with Gasteiger partial charge in [-0.2, -0.15) is 0 Å². The molecule has 0 N–H and O–H groups in total. The van der Waals surface area contributed by atoms with Crippen LogP contribution in [0.3, 0.4) is 0 Å². The normalized spacial score (nSPS) is 23.2. The minimum Gasteiger partial charge on any atom is -0.303 e. The van der Waals surface area contributed by atoms with Crippen molar-refractivity contribution in [3.63, 3.8) is 0 Å². The van der Waals surface area contributed by atoms with Gasteiger partial charge in [0.2, 0.25) is 0 Å². The van der Waals surface area contributed by atoms with Gasteiger partial charge in [-0.3, -0.25) is 0 Å². The molecule has 13 heavy (non-hydrogen) atoms. The summed E-state index contributed by atoms with van der Waals surface area (Å²) in [4.78, 5) is 4.15. The third kappa shape index (κ3) is 2.42. The molecule has 1 heterocycles. The highest BCUT2D eigenvalue weighted by molar-refractivity contribution is 7.90. The van der Waals surface area contributed by atoms with Crippen LogP contribution in [-0.4, -0.2) is 70.0 Å². The van der Waals surface area contributed by atoms with Gasteiger partial charge >= 0.3 is 0 Å². The predicted molar refractivity (Wildman–Crippen MR) is 53.6 cm³/mol. The van der Waals surface area contributed by atoms with Crippen molar-refractivity contribution in [2.24, 2.45) is 0 Å². The van der Waals surface area contributed by atoms with E-state index in [0.29, 0.717) is 0 Å². The van der Waals surface area contributed by atoms with E-state index >= 15 is 0 Å². The highest BCUT2D eigenvalue weighted by atomic mass is 32.2. The summed E-state index contributed by atoms with van der Waals surface area (Å²) in [5, 5.41) is 0. The van der Waals surface area contributed by atoms with E-state index in [1.54, 1.807) is 0 Å². The van der Waals surface area contributed by atoms with Crippen molar-refractivity contribution in [2.75, 3.05) is 46.2 Å². The number of rotatable bonds is 3. The van der Waals surface area contributed by atoms with E-state index in [-0.39, 0.29) is 11.3 Å². The van der Waals surface area contributed by atoms with Crippen molar-refractivity contribution in [3.8, 4) is 0 Å². The molecule has 1 saturated heterocycles. The molecule has 1 aliphatic heterocycles. The molecule has 0 spiro atoms. The van der Waals surface area contributed by atoms with Crippen LogP contribution in [0.25, 0.3) is 0 Å². The summed E-state index contributed by atoms with van der Waals surface area (Å²) < 4.78 is 22.4. The molecule has 0 radical (unpaired) electrons. The maximum Gasteiger partial charge on any atom is 0.149 e. The van der Waals surface area contributed by atoms with Crippen molar-refractivity contribution in [1.82, 2.24) is 9.80 Å². The highest BCUT2D eigenvalue weighted by Gasteiger charge is 2.45. The average Bonchev–Trinajstić information content (AvgIpc) is 1.79. The first-order valence-corrected chi connectivity index (χ1v) is 6.35. The Morgan fingerprint density at radius 1 is 1.38 bits per heavy atom. The zero-order valence-electron chi connectivity index (χ0n) is 8.74. The van der Waals surface area contributed by atoms with Gasteiger partial charge in [-0.1, -0.05) is 0 Å². The van der Waals surface area contributed by atoms with Gasteiger partial charge in [0, 0.05) is 19.3 Å². The lowest BCUT2D eigenvalue weighted by Gasteiger charge is -2.52. The Bertz CT molecular complexity index is 279. The average molecular weight is 206 g/mol. The molecule has 1 rings (SSSR count). The Balaban J connectivity index is 2.72. The Morgan fingerprint density at radius 2 is 1.85 bits per heavy atom. The van der Waals surface area contributed by atoms with Crippen LogP contribution in [0.2, 0.25) is 0 Å². The third-order valence-corrected chi connectivity index (χ3v) is 3.67. The first kappa shape index (κ1) is 10.9. The summed E-state index contributed by atoms with van der Waals surface area (Å²) >= 11 is 0. The van der Waals surface area contributed by atoms with Crippen LogP contribution in [0, 0.1) is 0 Å². The smallest absolute Gasteiger partial charge is 0.149 e. The summed E-state index contributed by atoms with van der Waals surface area (Å²) in [5.74, 6) is 0.261. The van der Waals surface area contributed by atoms with Gasteiger partial charge in [-0.15, -0.1) is 0 Å². The summed E-state index contributed by atoms with van der Waals surface area (Å²) in [6, 6.07) is 0. The largest absolute Gasteiger partial charge is 0.303 e. The van der Waals surface area contributed by atoms with E-state index in [9.17, 15) is 8.42 Å². The topological polar surface area (TPSA) is 40.6 Å². The number of nitrogens with zero attached hydrogens (tertiary/aromatic N) is 2. The van der Waals surface area contributed by atoms with E-state index in [1.807, 2.05) is 26.0 Å². The van der Waals surface area contributed by atoms with Gasteiger partial charge in [0.05, 0.1) is 11.3 Å². The molecular weight excluding hydrogens is 188 g/mol. The van der Waals surface area contributed by atoms with Gasteiger partial charge in [0.25, 0.3) is 0 Å². The molecule has 0 amide bonds. The van der Waals surface area contributed by atoms with Gasteiger partial charge in [-0.25, -0.2) is 8.42 Å². The van der Waals surface area contributed by atoms with E-state index < -0.39 is 9.84 Å². The highest BCUT2D eigenvalue weighted by Crippen LogP contribution is 2.25. The Labute approximate surface area is 80.4 Å². The zero-order valence-corrected chi connectivity index (χ0v) is 9.56. The fourth-order valence-electron chi connectivity index (χ4n) is 1.95. The van der Waals surface area contributed by atoms with E-state index in [2.05, 4.69) is 4.90 Å². The molecule has 0 aromatic heterocycles. The lowest BCUT2D eigenvalue weighted by atomic mass is 9.91. The first-order chi connectivity index (χ1) is 5.75. The van der Waals surface area contributed by atoms with Crippen LogP contribution in [0.1, 0.15) is 0 Å². The zero-order chi connectivity index (χ0) is 10.3. The fraction of sp³-hybridized carbons (Fsp3) is 1.00. The van der Waals surface area contributed by atoms with E-state index in [0.717, 1.165) is 13.1 Å². The molecule has 0 aromatic carbocycles. The molecule has 5 heteroatoms. The van der Waals surface area contributed by atoms with Crippen molar-refractivity contribution in [3.05, 3.63) is 0 Å². The van der Waals surface area contributed by atoms with Crippen LogP contribution in [0.4, 0.5) is 0 Å². The van der Waals surface area contributed by atoms with Crippen LogP contribution in [0.5, 0.6) is 0 Å². The molecule has 78 valence electrons. The molecule has 4 nitrogen and oxygen atoms in total. The molecule has 0 aromatic rings. The summed E-state index contributed by atoms with van der Waals surface area (Å²) in [6.07, 6.45) is 1.30.